The van der Waals surface area contributed by atoms with Crippen LogP contribution in [0.15, 0.2) is 54.6 Å². The zero-order chi connectivity index (χ0) is 50.6. The highest BCUT2D eigenvalue weighted by molar-refractivity contribution is 6.23. The molecule has 6 heterocycles. The first kappa shape index (κ1) is 49.2. The number of benzene rings is 2. The average Bonchev–Trinajstić information content (AvgIpc) is 3.93. The minimum absolute atomic E-state index is 0.0118. The fourth-order valence-electron chi connectivity index (χ4n) is 9.72. The van der Waals surface area contributed by atoms with Crippen molar-refractivity contribution < 1.29 is 62.3 Å². The van der Waals surface area contributed by atoms with E-state index in [-0.39, 0.29) is 58.4 Å². The van der Waals surface area contributed by atoms with E-state index in [4.69, 9.17) is 9.97 Å². The van der Waals surface area contributed by atoms with Gasteiger partial charge in [-0.1, -0.05) is 27.7 Å². The molecule has 20 heteroatoms. The Morgan fingerprint density at radius 1 is 0.638 bits per heavy atom. The number of nitrogens with zero attached hydrogens (tertiary/aromatic N) is 3. The molecule has 69 heavy (non-hydrogen) atoms. The predicted octanol–water partition coefficient (Wildman–Crippen LogP) is 13.5. The Morgan fingerprint density at radius 3 is 1.71 bits per heavy atom. The maximum atomic E-state index is 14.8. The third-order valence-corrected chi connectivity index (χ3v) is 13.7. The molecule has 4 aliphatic rings. The van der Waals surface area contributed by atoms with E-state index in [2.05, 4.69) is 15.3 Å². The number of amides is 2. The lowest BCUT2D eigenvalue weighted by atomic mass is 9.88. The second-order valence-corrected chi connectivity index (χ2v) is 18.1. The molecule has 8 bridgehead atoms. The first-order chi connectivity index (χ1) is 32.0. The lowest BCUT2D eigenvalue weighted by Gasteiger charge is -2.27. The first-order valence-corrected chi connectivity index (χ1v) is 21.9. The van der Waals surface area contributed by atoms with Crippen molar-refractivity contribution in [2.75, 3.05) is 0 Å². The lowest BCUT2D eigenvalue weighted by molar-refractivity contribution is -0.144. The van der Waals surface area contributed by atoms with E-state index in [9.17, 15) is 62.3 Å². The normalized spacial score (nSPS) is 20.0. The summed E-state index contributed by atoms with van der Waals surface area (Å²) in [6.45, 7) is 11.3. The van der Waals surface area contributed by atoms with Crippen LogP contribution < -0.4 is 5.32 Å². The topological polar surface area (TPSA) is 107 Å². The van der Waals surface area contributed by atoms with Gasteiger partial charge < -0.3 is 15.3 Å². The largest absolute Gasteiger partial charge is 0.416 e. The summed E-state index contributed by atoms with van der Waals surface area (Å²) in [7, 11) is 0. The smallest absolute Gasteiger partial charge is 0.362 e. The number of aromatic amines is 2. The molecule has 4 aromatic rings. The van der Waals surface area contributed by atoms with Gasteiger partial charge in [0.25, 0.3) is 11.8 Å². The number of allylic oxidation sites excluding steroid dienone is 1. The molecule has 4 unspecified atom stereocenters. The zero-order valence-electron chi connectivity index (χ0n) is 37.9. The van der Waals surface area contributed by atoms with Crippen LogP contribution in [0.3, 0.4) is 0 Å². The Hall–Kier alpha value is -6.18. The maximum Gasteiger partial charge on any atom is 0.416 e. The van der Waals surface area contributed by atoms with Crippen LogP contribution in [0.2, 0.25) is 0 Å². The number of rotatable bonds is 7. The predicted molar refractivity (Wildman–Crippen MR) is 231 cm³/mol. The van der Waals surface area contributed by atoms with E-state index < -0.39 is 88.8 Å². The van der Waals surface area contributed by atoms with Gasteiger partial charge in [-0.15, -0.1) is 0 Å². The van der Waals surface area contributed by atoms with E-state index in [1.807, 2.05) is 26.8 Å². The standard InChI is InChI=1S/C49H44F12N6O2/c1-8-32-22(4)34-17-38-39(25(7)62-18-26-9-28(46(50,51)52)13-29(10-26)47(53,54)55)23(5)35(64-38)15-33-20(2)21(3)42(65-33)41-43-40(24(6)36(66-43)16-37(32)63-34)44(68)67(45(41)69)19-27-11-30(48(56,57)58)14-31(12-27)49(59,60)61/h9-17,20-22,25,32,62-63,66H,8,18-19H2,1-7H3/t20-,21?,22?,25?,32?/m0/s1. The molecule has 0 saturated heterocycles. The summed E-state index contributed by atoms with van der Waals surface area (Å²) in [5, 5.41) is 3.10. The van der Waals surface area contributed by atoms with Gasteiger partial charge in [-0.2, -0.15) is 52.7 Å². The fourth-order valence-corrected chi connectivity index (χ4v) is 9.72. The number of aromatic nitrogens is 4. The summed E-state index contributed by atoms with van der Waals surface area (Å²) < 4.78 is 166. The molecule has 0 fully saturated rings. The van der Waals surface area contributed by atoms with Crippen LogP contribution in [-0.4, -0.2) is 42.7 Å². The number of hydrogen-bond acceptors (Lipinski definition) is 5. The van der Waals surface area contributed by atoms with Gasteiger partial charge in [-0.05, 0) is 110 Å². The van der Waals surface area contributed by atoms with E-state index in [1.165, 1.54) is 0 Å². The highest BCUT2D eigenvalue weighted by atomic mass is 19.4. The van der Waals surface area contributed by atoms with Crippen molar-refractivity contribution in [2.45, 2.75) is 122 Å². The van der Waals surface area contributed by atoms with Crippen molar-refractivity contribution in [3.8, 4) is 0 Å². The number of carbonyl (C=O) groups is 2. The number of carbonyl (C=O) groups excluding carboxylic acids is 2. The zero-order valence-corrected chi connectivity index (χ0v) is 37.9. The number of aryl methyl sites for hydroxylation is 1. The van der Waals surface area contributed by atoms with Crippen molar-refractivity contribution in [2.24, 2.45) is 0 Å². The highest BCUT2D eigenvalue weighted by Gasteiger charge is 2.43. The van der Waals surface area contributed by atoms with Crippen molar-refractivity contribution in [1.29, 1.82) is 0 Å². The quantitative estimate of drug-likeness (QED) is 0.126. The first-order valence-electron chi connectivity index (χ1n) is 21.9. The van der Waals surface area contributed by atoms with E-state index in [0.717, 1.165) is 0 Å². The van der Waals surface area contributed by atoms with E-state index in [1.54, 1.807) is 39.8 Å². The molecule has 2 aromatic carbocycles. The number of alkyl halides is 12. The third-order valence-electron chi connectivity index (χ3n) is 13.7. The molecule has 3 N–H and O–H groups in total. The minimum Gasteiger partial charge on any atom is -0.362 e. The number of imide groups is 1. The molecule has 2 amide bonds. The molecule has 4 aliphatic heterocycles. The van der Waals surface area contributed by atoms with Crippen molar-refractivity contribution in [3.05, 3.63) is 139 Å². The van der Waals surface area contributed by atoms with Gasteiger partial charge in [0, 0.05) is 58.9 Å². The van der Waals surface area contributed by atoms with Crippen LogP contribution in [0.4, 0.5) is 52.7 Å². The Kier molecular flexibility index (Phi) is 12.2. The molecule has 0 saturated carbocycles. The Balaban J connectivity index is 1.32. The van der Waals surface area contributed by atoms with Crippen LogP contribution in [0.1, 0.15) is 165 Å². The molecule has 0 radical (unpaired) electrons. The Morgan fingerprint density at radius 2 is 1.17 bits per heavy atom. The van der Waals surface area contributed by atoms with Crippen LogP contribution >= 0.6 is 0 Å². The van der Waals surface area contributed by atoms with Gasteiger partial charge in [-0.3, -0.25) is 19.5 Å². The summed E-state index contributed by atoms with van der Waals surface area (Å²) in [5.41, 5.74) is -2.22. The molecule has 0 aliphatic carbocycles. The van der Waals surface area contributed by atoms with Crippen molar-refractivity contribution >= 4 is 34.0 Å². The minimum atomic E-state index is -5.19. The van der Waals surface area contributed by atoms with Gasteiger partial charge in [0.15, 0.2) is 0 Å². The summed E-state index contributed by atoms with van der Waals surface area (Å²) in [4.78, 5) is 46.5. The molecule has 5 atom stereocenters. The van der Waals surface area contributed by atoms with E-state index in [0.29, 0.717) is 86.3 Å². The van der Waals surface area contributed by atoms with E-state index >= 15 is 0 Å². The fraction of sp³-hybridized carbons (Fsp3) is 0.388. The average molecular weight is 977 g/mol. The van der Waals surface area contributed by atoms with Crippen molar-refractivity contribution in [3.63, 3.8) is 0 Å². The van der Waals surface area contributed by atoms with Crippen LogP contribution in [0.5, 0.6) is 0 Å². The SMILES string of the molecule is CCC1c2cc3[nH]c4c(c5nc(cc6nc(cc([nH]2)C1C)C(C(C)NCc1cc(C(F)(F)F)cc(C(F)(F)F)c1)=C6C)[C@@H](C)C5C)C(=O)N(Cc1cc(C(F)(F)F)cc(C(F)(F)F)c1)C(=O)c4c3C. The second-order valence-electron chi connectivity index (χ2n) is 18.1. The summed E-state index contributed by atoms with van der Waals surface area (Å²) in [6, 6.07) is 6.88. The van der Waals surface area contributed by atoms with Gasteiger partial charge in [0.1, 0.15) is 0 Å². The number of H-pyrrole nitrogens is 2. The van der Waals surface area contributed by atoms with Gasteiger partial charge in [0.05, 0.1) is 62.5 Å². The third kappa shape index (κ3) is 9.00. The highest BCUT2D eigenvalue weighted by Crippen LogP contribution is 2.45. The number of nitrogens with one attached hydrogen (secondary N) is 3. The molecular formula is C49H44F12N6O2. The second kappa shape index (κ2) is 17.0. The molecular weight excluding hydrogens is 933 g/mol. The molecule has 2 aromatic heterocycles. The molecule has 8 rings (SSSR count). The van der Waals surface area contributed by atoms with Crippen molar-refractivity contribution in [1.82, 2.24) is 30.2 Å². The molecule has 366 valence electrons. The molecule has 0 spiro atoms. The lowest BCUT2D eigenvalue weighted by Crippen LogP contribution is -2.40. The van der Waals surface area contributed by atoms with Gasteiger partial charge in [-0.25, -0.2) is 4.98 Å². The number of hydrogen-bond donors (Lipinski definition) is 3. The molecule has 8 nitrogen and oxygen atoms in total. The van der Waals surface area contributed by atoms with Crippen LogP contribution in [0.25, 0.3) is 22.2 Å². The van der Waals surface area contributed by atoms with Gasteiger partial charge in [0.2, 0.25) is 0 Å². The number of fused-ring (bicyclic) bond motifs is 8. The van der Waals surface area contributed by atoms with Gasteiger partial charge >= 0.3 is 24.7 Å². The Labute approximate surface area is 386 Å². The summed E-state index contributed by atoms with van der Waals surface area (Å²) in [6.07, 6.45) is -19.9. The monoisotopic (exact) mass is 976 g/mol. The summed E-state index contributed by atoms with van der Waals surface area (Å²) in [5.74, 6) is -3.28. The number of halogens is 12. The van der Waals surface area contributed by atoms with Crippen LogP contribution in [-0.2, 0) is 37.8 Å². The maximum absolute atomic E-state index is 14.8. The Bertz CT molecular complexity index is 2960. The summed E-state index contributed by atoms with van der Waals surface area (Å²) >= 11 is 0. The van der Waals surface area contributed by atoms with Crippen LogP contribution in [0, 0.1) is 6.92 Å².